The average Bonchev–Trinajstić information content (AvgIpc) is 2.83. The second-order valence-corrected chi connectivity index (χ2v) is 8.91. The van der Waals surface area contributed by atoms with Crippen LogP contribution in [-0.2, 0) is 22.6 Å². The van der Waals surface area contributed by atoms with E-state index in [1.807, 2.05) is 30.3 Å². The third kappa shape index (κ3) is 7.04. The minimum atomic E-state index is -4.94. The topological polar surface area (TPSA) is 62.4 Å². The van der Waals surface area contributed by atoms with E-state index in [0.717, 1.165) is 5.56 Å². The molecule has 0 saturated carbocycles. The molecule has 3 atom stereocenters. The lowest BCUT2D eigenvalue weighted by Crippen LogP contribution is -2.58. The zero-order chi connectivity index (χ0) is 26.6. The first-order valence-corrected chi connectivity index (χ1v) is 11.7. The molecule has 12 heteroatoms. The lowest BCUT2D eigenvalue weighted by Gasteiger charge is -2.42. The first-order valence-electron chi connectivity index (χ1n) is 11.2. The SMILES string of the molecule is C[C@@H](OCC1(c2ccccc2)CC[C@H](NC(=O)NCCl)CN1)c1cc(C(F)(F)F)cc(C(F)(F)F)c1. The normalized spacial score (nSPS) is 21.6. The molecule has 1 aliphatic rings. The van der Waals surface area contributed by atoms with E-state index in [2.05, 4.69) is 16.0 Å². The standard InChI is InChI=1S/C24H26ClF6N3O2/c1-15(16-9-18(23(26,27)28)11-19(10-16)24(29,30)31)36-13-22(17-5-3-2-4-6-17)8-7-20(12-33-22)34-21(35)32-14-25/h2-6,9-11,15,20,33H,7-8,12-14H2,1H3,(H2,32,34,35)/t15-,20+,22?/m1/s1. The van der Waals surface area contributed by atoms with E-state index in [1.54, 1.807) is 0 Å². The predicted molar refractivity (Wildman–Crippen MR) is 122 cm³/mol. The molecule has 1 fully saturated rings. The molecule has 1 saturated heterocycles. The minimum Gasteiger partial charge on any atom is -0.372 e. The number of ether oxygens (including phenoxy) is 1. The van der Waals surface area contributed by atoms with Crippen LogP contribution in [0.5, 0.6) is 0 Å². The van der Waals surface area contributed by atoms with Crippen LogP contribution >= 0.6 is 11.6 Å². The summed E-state index contributed by atoms with van der Waals surface area (Å²) < 4.78 is 85.5. The van der Waals surface area contributed by atoms with Crippen LogP contribution in [0, 0.1) is 0 Å². The molecular weight excluding hydrogens is 512 g/mol. The Balaban J connectivity index is 1.80. The highest BCUT2D eigenvalue weighted by Crippen LogP contribution is 2.39. The minimum absolute atomic E-state index is 0.0175. The number of nitrogens with one attached hydrogen (secondary N) is 3. The Labute approximate surface area is 209 Å². The van der Waals surface area contributed by atoms with Gasteiger partial charge in [0, 0.05) is 12.6 Å². The van der Waals surface area contributed by atoms with Crippen molar-refractivity contribution >= 4 is 17.6 Å². The Morgan fingerprint density at radius 3 is 2.22 bits per heavy atom. The van der Waals surface area contributed by atoms with Gasteiger partial charge >= 0.3 is 18.4 Å². The second kappa shape index (κ2) is 11.3. The zero-order valence-electron chi connectivity index (χ0n) is 19.3. The highest BCUT2D eigenvalue weighted by molar-refractivity contribution is 6.18. The Morgan fingerprint density at radius 2 is 1.72 bits per heavy atom. The largest absolute Gasteiger partial charge is 0.416 e. The maximum atomic E-state index is 13.3. The quantitative estimate of drug-likeness (QED) is 0.232. The summed E-state index contributed by atoms with van der Waals surface area (Å²) in [4.78, 5) is 11.8. The first-order chi connectivity index (χ1) is 16.8. The number of amides is 2. The average molecular weight is 538 g/mol. The molecule has 1 unspecified atom stereocenters. The molecule has 36 heavy (non-hydrogen) atoms. The molecule has 2 aromatic rings. The van der Waals surface area contributed by atoms with E-state index in [1.165, 1.54) is 6.92 Å². The van der Waals surface area contributed by atoms with Crippen LogP contribution in [-0.4, -0.2) is 31.2 Å². The van der Waals surface area contributed by atoms with Crippen LogP contribution < -0.4 is 16.0 Å². The van der Waals surface area contributed by atoms with Gasteiger partial charge in [0.25, 0.3) is 0 Å². The van der Waals surface area contributed by atoms with Crippen LogP contribution in [0.15, 0.2) is 48.5 Å². The smallest absolute Gasteiger partial charge is 0.372 e. The molecule has 0 aliphatic carbocycles. The van der Waals surface area contributed by atoms with Crippen molar-refractivity contribution < 1.29 is 35.9 Å². The molecule has 0 radical (unpaired) electrons. The molecule has 0 bridgehead atoms. The maximum absolute atomic E-state index is 13.3. The van der Waals surface area contributed by atoms with Crippen LogP contribution in [0.3, 0.4) is 0 Å². The monoisotopic (exact) mass is 537 g/mol. The van der Waals surface area contributed by atoms with Crippen molar-refractivity contribution in [2.45, 2.75) is 49.8 Å². The Kier molecular flexibility index (Phi) is 8.79. The van der Waals surface area contributed by atoms with Crippen molar-refractivity contribution in [2.24, 2.45) is 0 Å². The van der Waals surface area contributed by atoms with Gasteiger partial charge in [0.2, 0.25) is 0 Å². The lowest BCUT2D eigenvalue weighted by molar-refractivity contribution is -0.143. The van der Waals surface area contributed by atoms with Crippen LogP contribution in [0.4, 0.5) is 31.1 Å². The highest BCUT2D eigenvalue weighted by atomic mass is 35.5. The van der Waals surface area contributed by atoms with Crippen molar-refractivity contribution in [3.8, 4) is 0 Å². The molecule has 1 heterocycles. The van der Waals surface area contributed by atoms with Gasteiger partial charge in [-0.3, -0.25) is 0 Å². The molecule has 2 aromatic carbocycles. The van der Waals surface area contributed by atoms with E-state index in [-0.39, 0.29) is 30.3 Å². The maximum Gasteiger partial charge on any atom is 0.416 e. The molecule has 5 nitrogen and oxygen atoms in total. The van der Waals surface area contributed by atoms with Crippen molar-refractivity contribution in [1.82, 2.24) is 16.0 Å². The summed E-state index contributed by atoms with van der Waals surface area (Å²) in [6, 6.07) is 9.98. The fourth-order valence-corrected chi connectivity index (χ4v) is 4.26. The van der Waals surface area contributed by atoms with E-state index in [4.69, 9.17) is 16.3 Å². The number of carbonyl (C=O) groups excluding carboxylic acids is 1. The van der Waals surface area contributed by atoms with Crippen molar-refractivity contribution in [1.29, 1.82) is 0 Å². The first kappa shape index (κ1) is 28.1. The van der Waals surface area contributed by atoms with Gasteiger partial charge < -0.3 is 20.7 Å². The Hall–Kier alpha value is -2.50. The van der Waals surface area contributed by atoms with Gasteiger partial charge in [0.15, 0.2) is 0 Å². The number of carbonyl (C=O) groups is 1. The number of hydrogen-bond acceptors (Lipinski definition) is 3. The third-order valence-corrected chi connectivity index (χ3v) is 6.29. The number of benzene rings is 2. The van der Waals surface area contributed by atoms with Crippen molar-refractivity contribution in [2.75, 3.05) is 19.2 Å². The van der Waals surface area contributed by atoms with Crippen LogP contribution in [0.25, 0.3) is 0 Å². The Bertz CT molecular complexity index is 992. The summed E-state index contributed by atoms with van der Waals surface area (Å²) in [5, 5.41) is 8.59. The second-order valence-electron chi connectivity index (χ2n) is 8.64. The molecule has 3 N–H and O–H groups in total. The zero-order valence-corrected chi connectivity index (χ0v) is 20.0. The summed E-state index contributed by atoms with van der Waals surface area (Å²) >= 11 is 5.50. The number of urea groups is 1. The van der Waals surface area contributed by atoms with Crippen molar-refractivity contribution in [3.05, 3.63) is 70.8 Å². The lowest BCUT2D eigenvalue weighted by atomic mass is 9.81. The van der Waals surface area contributed by atoms with Gasteiger partial charge in [-0.05, 0) is 49.1 Å². The molecule has 2 amide bonds. The fourth-order valence-electron chi connectivity index (χ4n) is 4.14. The number of rotatable bonds is 7. The van der Waals surface area contributed by atoms with Gasteiger partial charge in [0.05, 0.1) is 35.4 Å². The van der Waals surface area contributed by atoms with Crippen LogP contribution in [0.2, 0.25) is 0 Å². The van der Waals surface area contributed by atoms with Gasteiger partial charge in [-0.15, -0.1) is 11.6 Å². The molecule has 1 aliphatic heterocycles. The van der Waals surface area contributed by atoms with Crippen LogP contribution in [0.1, 0.15) is 48.1 Å². The molecule has 0 spiro atoms. The highest BCUT2D eigenvalue weighted by Gasteiger charge is 2.39. The number of alkyl halides is 7. The van der Waals surface area contributed by atoms with Gasteiger partial charge in [-0.25, -0.2) is 4.79 Å². The third-order valence-electron chi connectivity index (χ3n) is 6.15. The number of halogens is 7. The summed E-state index contributed by atoms with van der Waals surface area (Å²) in [6.07, 6.45) is -9.89. The number of hydrogen-bond donors (Lipinski definition) is 3. The van der Waals surface area contributed by atoms with Gasteiger partial charge in [0.1, 0.15) is 0 Å². The number of piperidine rings is 1. The van der Waals surface area contributed by atoms with E-state index in [9.17, 15) is 31.1 Å². The van der Waals surface area contributed by atoms with Gasteiger partial charge in [-0.2, -0.15) is 26.3 Å². The summed E-state index contributed by atoms with van der Waals surface area (Å²) in [7, 11) is 0. The van der Waals surface area contributed by atoms with Crippen molar-refractivity contribution in [3.63, 3.8) is 0 Å². The summed E-state index contributed by atoms with van der Waals surface area (Å²) in [5.74, 6) is 0. The summed E-state index contributed by atoms with van der Waals surface area (Å²) in [5.41, 5.74) is -2.92. The van der Waals surface area contributed by atoms with E-state index < -0.39 is 41.2 Å². The molecular formula is C24H26ClF6N3O2. The fraction of sp³-hybridized carbons (Fsp3) is 0.458. The predicted octanol–water partition coefficient (Wildman–Crippen LogP) is 5.94. The Morgan fingerprint density at radius 1 is 1.11 bits per heavy atom. The van der Waals surface area contributed by atoms with Gasteiger partial charge in [-0.1, -0.05) is 30.3 Å². The molecule has 3 rings (SSSR count). The molecule has 0 aromatic heterocycles. The van der Waals surface area contributed by atoms with E-state index >= 15 is 0 Å². The van der Waals surface area contributed by atoms with E-state index in [0.29, 0.717) is 31.5 Å². The summed E-state index contributed by atoms with van der Waals surface area (Å²) in [6.45, 7) is 1.76. The molecule has 198 valence electrons.